The van der Waals surface area contributed by atoms with Crippen molar-refractivity contribution in [3.8, 4) is 5.75 Å². The fourth-order valence-electron chi connectivity index (χ4n) is 2.74. The molecule has 2 rings (SSSR count). The number of aryl methyl sites for hydroxylation is 1. The Morgan fingerprint density at radius 3 is 2.65 bits per heavy atom. The highest BCUT2D eigenvalue weighted by Crippen LogP contribution is 2.33. The van der Waals surface area contributed by atoms with Gasteiger partial charge in [0, 0.05) is 0 Å². The van der Waals surface area contributed by atoms with E-state index in [-0.39, 0.29) is 0 Å². The number of hydrogen-bond donors (Lipinski definition) is 1. The smallest absolute Gasteiger partial charge is 0.122 e. The van der Waals surface area contributed by atoms with Gasteiger partial charge in [-0.15, -0.1) is 0 Å². The van der Waals surface area contributed by atoms with Gasteiger partial charge in [-0.25, -0.2) is 0 Å². The van der Waals surface area contributed by atoms with Crippen molar-refractivity contribution in [3.05, 3.63) is 29.3 Å². The molecule has 94 valence electrons. The summed E-state index contributed by atoms with van der Waals surface area (Å²) in [6.07, 6.45) is 2.58. The lowest BCUT2D eigenvalue weighted by molar-refractivity contribution is 0.329. The SMILES string of the molecule is COc1cc(C(C)C2CCNCC2)ccc1C. The van der Waals surface area contributed by atoms with E-state index in [4.69, 9.17) is 4.74 Å². The quantitative estimate of drug-likeness (QED) is 0.866. The monoisotopic (exact) mass is 233 g/mol. The molecular formula is C15H23NO. The highest BCUT2D eigenvalue weighted by atomic mass is 16.5. The molecule has 1 saturated heterocycles. The van der Waals surface area contributed by atoms with Crippen LogP contribution >= 0.6 is 0 Å². The predicted octanol–water partition coefficient (Wildman–Crippen LogP) is 3.11. The van der Waals surface area contributed by atoms with Gasteiger partial charge >= 0.3 is 0 Å². The molecule has 0 saturated carbocycles. The van der Waals surface area contributed by atoms with Gasteiger partial charge in [-0.05, 0) is 61.9 Å². The van der Waals surface area contributed by atoms with E-state index < -0.39 is 0 Å². The van der Waals surface area contributed by atoms with Crippen LogP contribution in [-0.2, 0) is 0 Å². The van der Waals surface area contributed by atoms with E-state index in [1.807, 2.05) is 0 Å². The maximum absolute atomic E-state index is 5.41. The average Bonchev–Trinajstić information content (AvgIpc) is 2.39. The molecule has 1 aromatic rings. The molecule has 0 spiro atoms. The molecule has 1 atom stereocenters. The van der Waals surface area contributed by atoms with Crippen molar-refractivity contribution in [2.24, 2.45) is 5.92 Å². The number of benzene rings is 1. The molecule has 1 unspecified atom stereocenters. The van der Waals surface area contributed by atoms with E-state index >= 15 is 0 Å². The molecule has 1 heterocycles. The van der Waals surface area contributed by atoms with E-state index in [1.165, 1.54) is 24.0 Å². The summed E-state index contributed by atoms with van der Waals surface area (Å²) in [6, 6.07) is 6.64. The van der Waals surface area contributed by atoms with Crippen molar-refractivity contribution in [1.29, 1.82) is 0 Å². The van der Waals surface area contributed by atoms with Crippen molar-refractivity contribution in [3.63, 3.8) is 0 Å². The lowest BCUT2D eigenvalue weighted by atomic mass is 9.81. The first-order chi connectivity index (χ1) is 8.22. The highest BCUT2D eigenvalue weighted by Gasteiger charge is 2.21. The molecule has 1 N–H and O–H groups in total. The summed E-state index contributed by atoms with van der Waals surface area (Å²) >= 11 is 0. The van der Waals surface area contributed by atoms with E-state index in [1.54, 1.807) is 7.11 Å². The third-order valence-electron chi connectivity index (χ3n) is 4.05. The Kier molecular flexibility index (Phi) is 4.06. The minimum atomic E-state index is 0.631. The Morgan fingerprint density at radius 2 is 2.00 bits per heavy atom. The molecule has 17 heavy (non-hydrogen) atoms. The number of nitrogens with one attached hydrogen (secondary N) is 1. The van der Waals surface area contributed by atoms with E-state index in [9.17, 15) is 0 Å². The van der Waals surface area contributed by atoms with Crippen LogP contribution in [0.3, 0.4) is 0 Å². The molecule has 0 radical (unpaired) electrons. The number of hydrogen-bond acceptors (Lipinski definition) is 2. The normalized spacial score (nSPS) is 19.0. The van der Waals surface area contributed by atoms with Gasteiger partial charge in [-0.1, -0.05) is 19.1 Å². The topological polar surface area (TPSA) is 21.3 Å². The lowest BCUT2D eigenvalue weighted by Crippen LogP contribution is -2.30. The van der Waals surface area contributed by atoms with Crippen LogP contribution in [0.2, 0.25) is 0 Å². The van der Waals surface area contributed by atoms with Crippen LogP contribution < -0.4 is 10.1 Å². The van der Waals surface area contributed by atoms with Gasteiger partial charge in [0.25, 0.3) is 0 Å². The molecular weight excluding hydrogens is 210 g/mol. The number of ether oxygens (including phenoxy) is 1. The van der Waals surface area contributed by atoms with E-state index in [0.717, 1.165) is 24.8 Å². The molecule has 2 nitrogen and oxygen atoms in total. The minimum absolute atomic E-state index is 0.631. The largest absolute Gasteiger partial charge is 0.496 e. The minimum Gasteiger partial charge on any atom is -0.496 e. The molecule has 2 heteroatoms. The van der Waals surface area contributed by atoms with Crippen LogP contribution in [-0.4, -0.2) is 20.2 Å². The summed E-state index contributed by atoms with van der Waals surface area (Å²) in [5.74, 6) is 2.46. The zero-order valence-electron chi connectivity index (χ0n) is 11.1. The molecule has 0 bridgehead atoms. The predicted molar refractivity (Wildman–Crippen MR) is 71.7 cm³/mol. The Bertz CT molecular complexity index is 369. The Labute approximate surface area is 104 Å². The second-order valence-electron chi connectivity index (χ2n) is 5.11. The zero-order chi connectivity index (χ0) is 12.3. The Hall–Kier alpha value is -1.02. The average molecular weight is 233 g/mol. The summed E-state index contributed by atoms with van der Waals surface area (Å²) in [6.45, 7) is 6.77. The molecule has 1 aliphatic rings. The van der Waals surface area contributed by atoms with Crippen LogP contribution in [0.25, 0.3) is 0 Å². The molecule has 1 fully saturated rings. The molecule has 1 aromatic carbocycles. The summed E-state index contributed by atoms with van der Waals surface area (Å²) in [4.78, 5) is 0. The maximum atomic E-state index is 5.41. The van der Waals surface area contributed by atoms with E-state index in [2.05, 4.69) is 37.4 Å². The summed E-state index contributed by atoms with van der Waals surface area (Å²) in [5, 5.41) is 3.43. The standard InChI is InChI=1S/C15H23NO/c1-11-4-5-14(10-15(11)17-3)12(2)13-6-8-16-9-7-13/h4-5,10,12-13,16H,6-9H2,1-3H3. The molecule has 0 aliphatic carbocycles. The van der Waals surface area contributed by atoms with Gasteiger partial charge < -0.3 is 10.1 Å². The highest BCUT2D eigenvalue weighted by molar-refractivity contribution is 5.38. The van der Waals surface area contributed by atoms with Gasteiger partial charge in [-0.3, -0.25) is 0 Å². The van der Waals surface area contributed by atoms with Crippen molar-refractivity contribution < 1.29 is 4.74 Å². The lowest BCUT2D eigenvalue weighted by Gasteiger charge is -2.28. The fourth-order valence-corrected chi connectivity index (χ4v) is 2.74. The Balaban J connectivity index is 2.15. The van der Waals surface area contributed by atoms with Crippen molar-refractivity contribution in [2.75, 3.05) is 20.2 Å². The van der Waals surface area contributed by atoms with Crippen molar-refractivity contribution >= 4 is 0 Å². The first-order valence-corrected chi connectivity index (χ1v) is 6.57. The zero-order valence-corrected chi connectivity index (χ0v) is 11.1. The molecule has 0 aromatic heterocycles. The van der Waals surface area contributed by atoms with Crippen LogP contribution in [0.1, 0.15) is 36.8 Å². The van der Waals surface area contributed by atoms with Gasteiger partial charge in [0.15, 0.2) is 0 Å². The molecule has 1 aliphatic heterocycles. The third-order valence-corrected chi connectivity index (χ3v) is 4.05. The van der Waals surface area contributed by atoms with Gasteiger partial charge in [0.2, 0.25) is 0 Å². The van der Waals surface area contributed by atoms with Gasteiger partial charge in [0.1, 0.15) is 5.75 Å². The fraction of sp³-hybridized carbons (Fsp3) is 0.600. The molecule has 0 amide bonds. The van der Waals surface area contributed by atoms with Crippen LogP contribution in [0.15, 0.2) is 18.2 Å². The second kappa shape index (κ2) is 5.54. The number of methoxy groups -OCH3 is 1. The number of piperidine rings is 1. The van der Waals surface area contributed by atoms with Crippen molar-refractivity contribution in [1.82, 2.24) is 5.32 Å². The second-order valence-corrected chi connectivity index (χ2v) is 5.11. The van der Waals surface area contributed by atoms with Crippen LogP contribution in [0, 0.1) is 12.8 Å². The van der Waals surface area contributed by atoms with Crippen LogP contribution in [0.5, 0.6) is 5.75 Å². The first-order valence-electron chi connectivity index (χ1n) is 6.57. The van der Waals surface area contributed by atoms with Crippen molar-refractivity contribution in [2.45, 2.75) is 32.6 Å². The first kappa shape index (κ1) is 12.4. The van der Waals surface area contributed by atoms with Gasteiger partial charge in [-0.2, -0.15) is 0 Å². The van der Waals surface area contributed by atoms with E-state index in [0.29, 0.717) is 5.92 Å². The summed E-state index contributed by atoms with van der Waals surface area (Å²) < 4.78 is 5.41. The summed E-state index contributed by atoms with van der Waals surface area (Å²) in [5.41, 5.74) is 2.63. The Morgan fingerprint density at radius 1 is 1.29 bits per heavy atom. The summed E-state index contributed by atoms with van der Waals surface area (Å²) in [7, 11) is 1.75. The maximum Gasteiger partial charge on any atom is 0.122 e. The third kappa shape index (κ3) is 2.81. The number of rotatable bonds is 3. The van der Waals surface area contributed by atoms with Gasteiger partial charge in [0.05, 0.1) is 7.11 Å². The van der Waals surface area contributed by atoms with Crippen LogP contribution in [0.4, 0.5) is 0 Å².